The molecule has 0 saturated carbocycles. The summed E-state index contributed by atoms with van der Waals surface area (Å²) in [4.78, 5) is 5.38. The topological polar surface area (TPSA) is 52.0 Å². The summed E-state index contributed by atoms with van der Waals surface area (Å²) in [5, 5.41) is 3.92. The van der Waals surface area contributed by atoms with E-state index < -0.39 is 0 Å². The molecule has 0 amide bonds. The normalized spacial score (nSPS) is 25.2. The van der Waals surface area contributed by atoms with E-state index in [9.17, 15) is 0 Å². The van der Waals surface area contributed by atoms with Crippen molar-refractivity contribution in [1.82, 2.24) is 4.90 Å². The Kier molecular flexibility index (Phi) is 4.62. The van der Waals surface area contributed by atoms with E-state index in [0.29, 0.717) is 5.92 Å². The number of hydrogen-bond donors (Lipinski definition) is 0. The molecule has 1 aliphatic rings. The second kappa shape index (κ2) is 6.43. The van der Waals surface area contributed by atoms with Crippen LogP contribution < -0.4 is 0 Å². The SMILES string of the molecule is CC1CCN(Cc2ccccc2)CC(N=[N+]=[N-])C1. The molecule has 0 spiro atoms. The third-order valence-electron chi connectivity index (χ3n) is 3.55. The lowest BCUT2D eigenvalue weighted by atomic mass is 10.0. The maximum atomic E-state index is 8.61. The van der Waals surface area contributed by atoms with Gasteiger partial charge < -0.3 is 0 Å². The quantitative estimate of drug-likeness (QED) is 0.455. The van der Waals surface area contributed by atoms with E-state index in [1.165, 1.54) is 12.0 Å². The summed E-state index contributed by atoms with van der Waals surface area (Å²) in [6, 6.07) is 10.6. The Bertz CT molecular complexity index is 411. The number of azide groups is 1. The van der Waals surface area contributed by atoms with Crippen LogP contribution in [0, 0.1) is 5.92 Å². The zero-order valence-corrected chi connectivity index (χ0v) is 10.9. The molecule has 4 heteroatoms. The van der Waals surface area contributed by atoms with E-state index in [4.69, 9.17) is 5.53 Å². The van der Waals surface area contributed by atoms with E-state index in [0.717, 1.165) is 26.1 Å². The minimum Gasteiger partial charge on any atom is -0.299 e. The second-order valence-corrected chi connectivity index (χ2v) is 5.21. The van der Waals surface area contributed by atoms with E-state index in [-0.39, 0.29) is 6.04 Å². The third-order valence-corrected chi connectivity index (χ3v) is 3.55. The number of benzene rings is 1. The Labute approximate surface area is 108 Å². The van der Waals surface area contributed by atoms with Crippen LogP contribution in [0.15, 0.2) is 35.4 Å². The predicted octanol–water partition coefficient (Wildman–Crippen LogP) is 3.60. The first-order chi connectivity index (χ1) is 8.78. The van der Waals surface area contributed by atoms with Crippen LogP contribution in [0.1, 0.15) is 25.3 Å². The zero-order valence-electron chi connectivity index (χ0n) is 10.9. The highest BCUT2D eigenvalue weighted by Crippen LogP contribution is 2.20. The zero-order chi connectivity index (χ0) is 12.8. The molecule has 1 fully saturated rings. The number of nitrogens with zero attached hydrogens (tertiary/aromatic N) is 4. The lowest BCUT2D eigenvalue weighted by Gasteiger charge is -2.22. The van der Waals surface area contributed by atoms with Gasteiger partial charge in [0.15, 0.2) is 0 Å². The van der Waals surface area contributed by atoms with Crippen LogP contribution in [0.3, 0.4) is 0 Å². The Morgan fingerprint density at radius 1 is 1.39 bits per heavy atom. The summed E-state index contributed by atoms with van der Waals surface area (Å²) >= 11 is 0. The first kappa shape index (κ1) is 12.9. The van der Waals surface area contributed by atoms with Crippen molar-refractivity contribution in [2.45, 2.75) is 32.4 Å². The molecule has 0 aliphatic carbocycles. The molecular formula is C14H20N4. The van der Waals surface area contributed by atoms with Gasteiger partial charge in [0.25, 0.3) is 0 Å². The second-order valence-electron chi connectivity index (χ2n) is 5.21. The highest BCUT2D eigenvalue weighted by Gasteiger charge is 2.21. The molecule has 96 valence electrons. The van der Waals surface area contributed by atoms with Crippen molar-refractivity contribution < 1.29 is 0 Å². The maximum absolute atomic E-state index is 8.61. The van der Waals surface area contributed by atoms with Gasteiger partial charge in [0.1, 0.15) is 0 Å². The van der Waals surface area contributed by atoms with Crippen molar-refractivity contribution >= 4 is 0 Å². The Morgan fingerprint density at radius 3 is 2.89 bits per heavy atom. The van der Waals surface area contributed by atoms with Gasteiger partial charge in [0.05, 0.1) is 6.04 Å². The lowest BCUT2D eigenvalue weighted by Crippen LogP contribution is -2.29. The van der Waals surface area contributed by atoms with E-state index in [2.05, 4.69) is 46.1 Å². The molecule has 0 N–H and O–H groups in total. The first-order valence-corrected chi connectivity index (χ1v) is 6.58. The standard InChI is InChI=1S/C14H20N4/c1-12-7-8-18(11-14(9-12)16-17-15)10-13-5-3-2-4-6-13/h2-6,12,14H,7-11H2,1H3. The van der Waals surface area contributed by atoms with Gasteiger partial charge in [0, 0.05) is 18.0 Å². The van der Waals surface area contributed by atoms with Crippen molar-refractivity contribution in [1.29, 1.82) is 0 Å². The molecule has 0 bridgehead atoms. The molecule has 2 atom stereocenters. The van der Waals surface area contributed by atoms with Crippen molar-refractivity contribution in [2.24, 2.45) is 11.0 Å². The van der Waals surface area contributed by atoms with Gasteiger partial charge in [-0.2, -0.15) is 0 Å². The fourth-order valence-corrected chi connectivity index (χ4v) is 2.59. The van der Waals surface area contributed by atoms with E-state index in [1.807, 2.05) is 6.07 Å². The highest BCUT2D eigenvalue weighted by atomic mass is 15.2. The average Bonchev–Trinajstić information content (AvgIpc) is 2.53. The van der Waals surface area contributed by atoms with Crippen LogP contribution in [0.25, 0.3) is 10.4 Å². The summed E-state index contributed by atoms with van der Waals surface area (Å²) < 4.78 is 0. The molecule has 0 aromatic heterocycles. The minimum atomic E-state index is 0.121. The average molecular weight is 244 g/mol. The molecular weight excluding hydrogens is 224 g/mol. The third kappa shape index (κ3) is 3.76. The monoisotopic (exact) mass is 244 g/mol. The molecule has 1 saturated heterocycles. The van der Waals surface area contributed by atoms with E-state index >= 15 is 0 Å². The van der Waals surface area contributed by atoms with Crippen LogP contribution in [-0.2, 0) is 6.54 Å². The molecule has 18 heavy (non-hydrogen) atoms. The molecule has 1 heterocycles. The maximum Gasteiger partial charge on any atom is 0.0504 e. The summed E-state index contributed by atoms with van der Waals surface area (Å²) in [5.74, 6) is 0.640. The molecule has 2 rings (SSSR count). The molecule has 2 unspecified atom stereocenters. The Morgan fingerprint density at radius 2 is 2.17 bits per heavy atom. The first-order valence-electron chi connectivity index (χ1n) is 6.58. The summed E-state index contributed by atoms with van der Waals surface area (Å²) in [5.41, 5.74) is 9.94. The summed E-state index contributed by atoms with van der Waals surface area (Å²) in [6.45, 7) is 5.16. The van der Waals surface area contributed by atoms with Crippen molar-refractivity contribution in [3.63, 3.8) is 0 Å². The molecule has 1 aliphatic heterocycles. The minimum absolute atomic E-state index is 0.121. The summed E-state index contributed by atoms with van der Waals surface area (Å²) in [6.07, 6.45) is 2.19. The lowest BCUT2D eigenvalue weighted by molar-refractivity contribution is 0.263. The van der Waals surface area contributed by atoms with Crippen LogP contribution in [0.5, 0.6) is 0 Å². The Balaban J connectivity index is 2.01. The van der Waals surface area contributed by atoms with E-state index in [1.54, 1.807) is 0 Å². The van der Waals surface area contributed by atoms with Crippen molar-refractivity contribution in [3.8, 4) is 0 Å². The summed E-state index contributed by atoms with van der Waals surface area (Å²) in [7, 11) is 0. The highest BCUT2D eigenvalue weighted by molar-refractivity contribution is 5.14. The van der Waals surface area contributed by atoms with Crippen LogP contribution >= 0.6 is 0 Å². The molecule has 4 nitrogen and oxygen atoms in total. The number of rotatable bonds is 3. The van der Waals surface area contributed by atoms with Crippen molar-refractivity contribution in [3.05, 3.63) is 46.3 Å². The Hall–Kier alpha value is -1.51. The molecule has 1 aromatic rings. The fourth-order valence-electron chi connectivity index (χ4n) is 2.59. The van der Waals surface area contributed by atoms with Crippen LogP contribution in [0.4, 0.5) is 0 Å². The van der Waals surface area contributed by atoms with Gasteiger partial charge in [-0.05, 0) is 36.4 Å². The van der Waals surface area contributed by atoms with Crippen molar-refractivity contribution in [2.75, 3.05) is 13.1 Å². The van der Waals surface area contributed by atoms with Gasteiger partial charge >= 0.3 is 0 Å². The van der Waals surface area contributed by atoms with Gasteiger partial charge in [-0.25, -0.2) is 0 Å². The van der Waals surface area contributed by atoms with Gasteiger partial charge in [-0.3, -0.25) is 4.90 Å². The van der Waals surface area contributed by atoms with Crippen LogP contribution in [0.2, 0.25) is 0 Å². The van der Waals surface area contributed by atoms with Crippen LogP contribution in [-0.4, -0.2) is 24.0 Å². The number of likely N-dealkylation sites (tertiary alicyclic amines) is 1. The smallest absolute Gasteiger partial charge is 0.0504 e. The predicted molar refractivity (Wildman–Crippen MR) is 73.1 cm³/mol. The molecule has 1 aromatic carbocycles. The van der Waals surface area contributed by atoms with Gasteiger partial charge in [-0.15, -0.1) is 0 Å². The number of hydrogen-bond acceptors (Lipinski definition) is 2. The van der Waals surface area contributed by atoms with Gasteiger partial charge in [0.2, 0.25) is 0 Å². The largest absolute Gasteiger partial charge is 0.299 e. The fraction of sp³-hybridized carbons (Fsp3) is 0.571. The molecule has 0 radical (unpaired) electrons. The van der Waals surface area contributed by atoms with Gasteiger partial charge in [-0.1, -0.05) is 42.4 Å².